The van der Waals surface area contributed by atoms with Gasteiger partial charge in [-0.2, -0.15) is 15.0 Å². The quantitative estimate of drug-likeness (QED) is 0.733. The Balaban J connectivity index is 2.64. The van der Waals surface area contributed by atoms with E-state index >= 15 is 0 Å². The van der Waals surface area contributed by atoms with Gasteiger partial charge in [-0.15, -0.1) is 0 Å². The summed E-state index contributed by atoms with van der Waals surface area (Å²) in [7, 11) is 7.38. The van der Waals surface area contributed by atoms with Crippen LogP contribution in [-0.4, -0.2) is 60.4 Å². The predicted octanol–water partition coefficient (Wildman–Crippen LogP) is 0.576. The van der Waals surface area contributed by atoms with Crippen molar-refractivity contribution in [3.05, 3.63) is 0 Å². The Labute approximate surface area is 99.8 Å². The second-order valence-corrected chi connectivity index (χ2v) is 4.39. The van der Waals surface area contributed by atoms with E-state index in [2.05, 4.69) is 25.2 Å². The van der Waals surface area contributed by atoms with E-state index < -0.39 is 0 Å². The molecule has 1 aromatic rings. The van der Waals surface area contributed by atoms with Crippen molar-refractivity contribution in [2.45, 2.75) is 5.16 Å². The highest BCUT2D eigenvalue weighted by Gasteiger charge is 2.06. The topological polar surface area (TPSA) is 63.2 Å². The molecule has 0 aliphatic heterocycles. The molecular formula is C9H17N5OS. The van der Waals surface area contributed by atoms with E-state index in [9.17, 15) is 0 Å². The first-order chi connectivity index (χ1) is 7.65. The molecule has 0 atom stereocenters. The van der Waals surface area contributed by atoms with Gasteiger partial charge < -0.3 is 15.0 Å². The van der Waals surface area contributed by atoms with Gasteiger partial charge >= 0.3 is 6.01 Å². The van der Waals surface area contributed by atoms with Crippen LogP contribution in [0.1, 0.15) is 0 Å². The molecule has 0 amide bonds. The summed E-state index contributed by atoms with van der Waals surface area (Å²) in [6.07, 6.45) is 0. The fourth-order valence-corrected chi connectivity index (χ4v) is 1.86. The average molecular weight is 243 g/mol. The molecule has 0 unspecified atom stereocenters. The molecule has 1 rings (SSSR count). The summed E-state index contributed by atoms with van der Waals surface area (Å²) in [4.78, 5) is 14.5. The van der Waals surface area contributed by atoms with Gasteiger partial charge in [-0.25, -0.2) is 0 Å². The third kappa shape index (κ3) is 4.19. The maximum atomic E-state index is 5.00. The SMILES string of the molecule is CNc1nc(OC)nc(SCCN(C)C)n1. The number of nitrogens with zero attached hydrogens (tertiary/aromatic N) is 4. The summed E-state index contributed by atoms with van der Waals surface area (Å²) in [6, 6.07) is 0.340. The molecule has 0 fully saturated rings. The molecule has 0 saturated carbocycles. The van der Waals surface area contributed by atoms with E-state index in [1.807, 2.05) is 14.1 Å². The molecule has 0 spiro atoms. The number of rotatable bonds is 6. The van der Waals surface area contributed by atoms with Gasteiger partial charge in [0.1, 0.15) is 0 Å². The molecule has 16 heavy (non-hydrogen) atoms. The van der Waals surface area contributed by atoms with Crippen molar-refractivity contribution >= 4 is 17.7 Å². The molecule has 90 valence electrons. The van der Waals surface area contributed by atoms with Crippen LogP contribution in [0, 0.1) is 0 Å². The van der Waals surface area contributed by atoms with Crippen LogP contribution in [0.25, 0.3) is 0 Å². The first kappa shape index (κ1) is 13.0. The van der Waals surface area contributed by atoms with E-state index in [1.165, 1.54) is 0 Å². The van der Waals surface area contributed by atoms with Gasteiger partial charge in [0, 0.05) is 19.3 Å². The maximum Gasteiger partial charge on any atom is 0.321 e. The fraction of sp³-hybridized carbons (Fsp3) is 0.667. The van der Waals surface area contributed by atoms with Crippen LogP contribution in [0.15, 0.2) is 5.16 Å². The van der Waals surface area contributed by atoms with Crippen LogP contribution in [0.2, 0.25) is 0 Å². The second-order valence-electron chi connectivity index (χ2n) is 3.33. The van der Waals surface area contributed by atoms with E-state index in [-0.39, 0.29) is 0 Å². The second kappa shape index (κ2) is 6.49. The highest BCUT2D eigenvalue weighted by atomic mass is 32.2. The highest BCUT2D eigenvalue weighted by molar-refractivity contribution is 7.99. The Morgan fingerprint density at radius 3 is 2.62 bits per heavy atom. The third-order valence-electron chi connectivity index (χ3n) is 1.77. The minimum absolute atomic E-state index is 0.340. The molecule has 1 aromatic heterocycles. The maximum absolute atomic E-state index is 5.00. The summed E-state index contributed by atoms with van der Waals surface area (Å²) >= 11 is 1.58. The van der Waals surface area contributed by atoms with Crippen LogP contribution in [-0.2, 0) is 0 Å². The first-order valence-corrected chi connectivity index (χ1v) is 5.89. The van der Waals surface area contributed by atoms with Crippen molar-refractivity contribution in [2.24, 2.45) is 0 Å². The average Bonchev–Trinajstić information content (AvgIpc) is 2.28. The number of thioether (sulfide) groups is 1. The zero-order valence-electron chi connectivity index (χ0n) is 10.0. The van der Waals surface area contributed by atoms with Crippen molar-refractivity contribution in [1.82, 2.24) is 19.9 Å². The zero-order valence-corrected chi connectivity index (χ0v) is 10.8. The van der Waals surface area contributed by atoms with Gasteiger partial charge in [0.05, 0.1) is 7.11 Å². The highest BCUT2D eigenvalue weighted by Crippen LogP contribution is 2.16. The molecule has 7 heteroatoms. The zero-order chi connectivity index (χ0) is 12.0. The Kier molecular flexibility index (Phi) is 5.27. The standard InChI is InChI=1S/C9H17N5OS/c1-10-7-11-8(15-4)13-9(12-7)16-6-5-14(2)3/h5-6H2,1-4H3,(H,10,11,12,13). The van der Waals surface area contributed by atoms with Crippen molar-refractivity contribution < 1.29 is 4.74 Å². The lowest BCUT2D eigenvalue weighted by Crippen LogP contribution is -2.15. The summed E-state index contributed by atoms with van der Waals surface area (Å²) < 4.78 is 5.00. The molecular weight excluding hydrogens is 226 g/mol. The van der Waals surface area contributed by atoms with Crippen LogP contribution in [0.5, 0.6) is 6.01 Å². The molecule has 1 N–H and O–H groups in total. The van der Waals surface area contributed by atoms with Gasteiger partial charge in [0.15, 0.2) is 5.16 Å². The Morgan fingerprint density at radius 1 is 1.31 bits per heavy atom. The van der Waals surface area contributed by atoms with Crippen molar-refractivity contribution in [3.63, 3.8) is 0 Å². The predicted molar refractivity (Wildman–Crippen MR) is 65.2 cm³/mol. The Hall–Kier alpha value is -1.08. The number of anilines is 1. The lowest BCUT2D eigenvalue weighted by Gasteiger charge is -2.08. The van der Waals surface area contributed by atoms with Crippen molar-refractivity contribution in [2.75, 3.05) is 45.9 Å². The van der Waals surface area contributed by atoms with Crippen molar-refractivity contribution in [1.29, 1.82) is 0 Å². The molecule has 6 nitrogen and oxygen atoms in total. The minimum Gasteiger partial charge on any atom is -0.467 e. The normalized spacial score (nSPS) is 10.6. The van der Waals surface area contributed by atoms with Crippen LogP contribution < -0.4 is 10.1 Å². The third-order valence-corrected chi connectivity index (χ3v) is 2.60. The number of ether oxygens (including phenoxy) is 1. The monoisotopic (exact) mass is 243 g/mol. The number of aromatic nitrogens is 3. The number of hydrogen-bond donors (Lipinski definition) is 1. The fourth-order valence-electron chi connectivity index (χ4n) is 0.925. The minimum atomic E-state index is 0.340. The van der Waals surface area contributed by atoms with E-state index in [0.29, 0.717) is 17.1 Å². The number of methoxy groups -OCH3 is 1. The molecule has 0 saturated heterocycles. The molecule has 0 bridgehead atoms. The smallest absolute Gasteiger partial charge is 0.321 e. The summed E-state index contributed by atoms with van der Waals surface area (Å²) in [6.45, 7) is 0.980. The number of nitrogens with one attached hydrogen (secondary N) is 1. The lowest BCUT2D eigenvalue weighted by atomic mass is 10.7. The molecule has 0 aliphatic carbocycles. The summed E-state index contributed by atoms with van der Waals surface area (Å²) in [5, 5.41) is 3.55. The molecule has 0 aliphatic rings. The molecule has 1 heterocycles. The van der Waals surface area contributed by atoms with Gasteiger partial charge in [0.2, 0.25) is 5.95 Å². The van der Waals surface area contributed by atoms with E-state index in [1.54, 1.807) is 25.9 Å². The van der Waals surface area contributed by atoms with E-state index in [0.717, 1.165) is 12.3 Å². The van der Waals surface area contributed by atoms with Crippen LogP contribution >= 0.6 is 11.8 Å². The van der Waals surface area contributed by atoms with Crippen molar-refractivity contribution in [3.8, 4) is 6.01 Å². The van der Waals surface area contributed by atoms with Gasteiger partial charge in [-0.05, 0) is 14.1 Å². The van der Waals surface area contributed by atoms with Gasteiger partial charge in [-0.1, -0.05) is 11.8 Å². The van der Waals surface area contributed by atoms with E-state index in [4.69, 9.17) is 4.74 Å². The lowest BCUT2D eigenvalue weighted by molar-refractivity contribution is 0.373. The van der Waals surface area contributed by atoms with Gasteiger partial charge in [0.25, 0.3) is 0 Å². The van der Waals surface area contributed by atoms with Crippen LogP contribution in [0.3, 0.4) is 0 Å². The molecule has 0 radical (unpaired) electrons. The summed E-state index contributed by atoms with van der Waals surface area (Å²) in [5.74, 6) is 1.46. The largest absolute Gasteiger partial charge is 0.467 e. The van der Waals surface area contributed by atoms with Gasteiger partial charge in [-0.3, -0.25) is 0 Å². The Morgan fingerprint density at radius 2 is 2.06 bits per heavy atom. The van der Waals surface area contributed by atoms with Crippen LogP contribution in [0.4, 0.5) is 5.95 Å². The summed E-state index contributed by atoms with van der Waals surface area (Å²) in [5.41, 5.74) is 0. The molecule has 0 aromatic carbocycles. The first-order valence-electron chi connectivity index (χ1n) is 4.91. The Bertz CT molecular complexity index is 311. The number of hydrogen-bond acceptors (Lipinski definition) is 7.